The van der Waals surface area contributed by atoms with Crippen LogP contribution in [0.2, 0.25) is 0 Å². The molecule has 10 rings (SSSR count). The molecule has 6 aliphatic rings. The predicted octanol–water partition coefficient (Wildman–Crippen LogP) is 18.9. The number of halogens is 1. The van der Waals surface area contributed by atoms with E-state index in [1.807, 2.05) is 51.1 Å². The summed E-state index contributed by atoms with van der Waals surface area (Å²) < 4.78 is 17.9. The number of unbranched alkanes of at least 4 members (excludes halogenated alkanes) is 12. The van der Waals surface area contributed by atoms with E-state index in [2.05, 4.69) is 201 Å². The van der Waals surface area contributed by atoms with Gasteiger partial charge in [0.25, 0.3) is 11.8 Å². The highest BCUT2D eigenvalue weighted by Crippen LogP contribution is 2.44. The Morgan fingerprint density at radius 3 is 1.22 bits per heavy atom. The molecule has 4 aromatic rings. The van der Waals surface area contributed by atoms with Crippen molar-refractivity contribution in [1.29, 1.82) is 0 Å². The Morgan fingerprint density at radius 2 is 0.832 bits per heavy atom. The quantitative estimate of drug-likeness (QED) is 0.00623. The highest BCUT2D eigenvalue weighted by molar-refractivity contribution is 9.09. The largest absolute Gasteiger partial charge is 0.481 e. The number of carboxylic acids is 2. The van der Waals surface area contributed by atoms with Crippen LogP contribution >= 0.6 is 15.9 Å². The van der Waals surface area contributed by atoms with E-state index in [0.29, 0.717) is 57.7 Å². The number of piperazine rings is 2. The van der Waals surface area contributed by atoms with Gasteiger partial charge in [-0.2, -0.15) is 0 Å². The molecule has 24 heteroatoms. The standard InChI is InChI=1S/C40H52N7O3.C32H39N4O2.C8H15BrO2.C8H15N3O2.CH4/c1-5-44(6-2)30-19-21-34-36(28-30)50-37-29-31(45(7-3)8-4)20-22-35(37)39(34)32-16-13-14-17-33(32)40(49)47-26-24-46(25-27-47)38(48)18-12-10-9-11-15-23-42-43-41;1-5-34(6-2)23-13-15-27-29(21-23)38-30-22-24(35(7-3)8-4)14-16-28(30)31(27)25-11-9-10-12-26(25)32(37)36-19-17-33-18-20-36;9-7-5-3-1-2-4-6-8(10)11;9-11-10-7-5-3-1-2-4-6-8(12)13;/h13-14,16-17,19-22,28-29H,5-12,15,18,23-27H2,1-4H3;9-16,21-22,33H,5-8,17-20H2,1-4H3;1-7H2,(H,10,11);1-7H2,(H,12,13);1H4/q2*+1;;;. The van der Waals surface area contributed by atoms with Gasteiger partial charge < -0.3 is 48.9 Å². The summed E-state index contributed by atoms with van der Waals surface area (Å²) in [5.74, 6) is 0.443. The maximum atomic E-state index is 14.3. The van der Waals surface area contributed by atoms with Crippen LogP contribution in [-0.2, 0) is 14.4 Å². The number of carbonyl (C=O) groups is 5. The third-order valence-electron chi connectivity index (χ3n) is 21.0. The lowest BCUT2D eigenvalue weighted by Gasteiger charge is -2.35. The van der Waals surface area contributed by atoms with Crippen molar-refractivity contribution in [2.45, 2.75) is 178 Å². The van der Waals surface area contributed by atoms with Crippen molar-refractivity contribution in [3.8, 4) is 44.9 Å². The maximum Gasteiger partial charge on any atom is 0.303 e. The fourth-order valence-corrected chi connectivity index (χ4v) is 15.1. The minimum atomic E-state index is -0.728. The number of carboxylic acid groups (broad SMARTS) is 2. The smallest absolute Gasteiger partial charge is 0.303 e. The Kier molecular flexibility index (Phi) is 41.1. The van der Waals surface area contributed by atoms with Gasteiger partial charge in [0.2, 0.25) is 16.6 Å². The number of alkyl halides is 1. The van der Waals surface area contributed by atoms with Gasteiger partial charge in [0.15, 0.2) is 0 Å². The highest BCUT2D eigenvalue weighted by Gasteiger charge is 2.30. The molecule has 0 saturated carbocycles. The van der Waals surface area contributed by atoms with E-state index >= 15 is 0 Å². The molecule has 0 unspecified atom stereocenters. The summed E-state index contributed by atoms with van der Waals surface area (Å²) in [6, 6.07) is 41.7. The molecule has 2 aliphatic carbocycles. The molecule has 2 saturated heterocycles. The minimum absolute atomic E-state index is 0. The van der Waals surface area contributed by atoms with E-state index in [4.69, 9.17) is 30.1 Å². The second-order valence-electron chi connectivity index (χ2n) is 28.1. The van der Waals surface area contributed by atoms with Gasteiger partial charge in [-0.25, -0.2) is 9.15 Å². The van der Waals surface area contributed by atoms with E-state index < -0.39 is 11.9 Å². The summed E-state index contributed by atoms with van der Waals surface area (Å²) in [6.45, 7) is 30.9. The number of aliphatic carboxylic acids is 2. The zero-order valence-corrected chi connectivity index (χ0v) is 69.2. The van der Waals surface area contributed by atoms with Crippen LogP contribution in [0.1, 0.15) is 199 Å². The average molecular weight is 1610 g/mol. The molecule has 4 aromatic carbocycles. The fraction of sp³-hybridized carbons (Fsp3) is 0.517. The van der Waals surface area contributed by atoms with Gasteiger partial charge in [-0.15, -0.1) is 0 Å². The minimum Gasteiger partial charge on any atom is -0.481 e. The lowest BCUT2D eigenvalue weighted by Crippen LogP contribution is -2.50. The van der Waals surface area contributed by atoms with Gasteiger partial charge in [0.05, 0.1) is 12.1 Å². The molecule has 4 heterocycles. The zero-order valence-electron chi connectivity index (χ0n) is 67.7. The molecule has 4 aliphatic heterocycles. The third-order valence-corrected chi connectivity index (χ3v) is 21.6. The first-order valence-electron chi connectivity index (χ1n) is 41.0. The molecule has 0 atom stereocenters. The number of nitrogens with one attached hydrogen (secondary N) is 1. The monoisotopic (exact) mass is 1610 g/mol. The SMILES string of the molecule is C.CCN(CC)c1ccc2c(-c3ccccc3C(=O)N3CCN(C(=O)CCCCCCCN=[N+]=[N-])CC3)c3ccc(=[N+](CC)CC)cc-3oc2c1.CCN(CC)c1ccc2c(-c3ccccc3C(=O)N3CCNCC3)c3ccc(=[N+](CC)CC)cc-3oc2c1.O=C(O)CCCCCCCBr.[N-]=[N+]=NCCCCCCCC(=O)O. The van der Waals surface area contributed by atoms with Crippen molar-refractivity contribution in [2.24, 2.45) is 10.2 Å². The van der Waals surface area contributed by atoms with E-state index in [0.717, 1.165) is 255 Å². The van der Waals surface area contributed by atoms with Crippen LogP contribution in [0.5, 0.6) is 0 Å². The topological polar surface area (TPSA) is 284 Å². The average Bonchev–Trinajstić information content (AvgIpc) is 0.750. The Labute approximate surface area is 677 Å². The summed E-state index contributed by atoms with van der Waals surface area (Å²) >= 11 is 3.35. The first-order chi connectivity index (χ1) is 54.6. The lowest BCUT2D eigenvalue weighted by atomic mass is 9.90. The van der Waals surface area contributed by atoms with Crippen LogP contribution in [0.25, 0.3) is 87.7 Å². The van der Waals surface area contributed by atoms with E-state index in [1.165, 1.54) is 19.3 Å². The van der Waals surface area contributed by atoms with Crippen molar-refractivity contribution in [2.75, 3.05) is 133 Å². The number of hydrogen-bond acceptors (Lipinski definition) is 12. The van der Waals surface area contributed by atoms with E-state index in [1.54, 1.807) is 0 Å². The van der Waals surface area contributed by atoms with Crippen LogP contribution in [-0.4, -0.2) is 178 Å². The Morgan fingerprint density at radius 1 is 0.460 bits per heavy atom. The Balaban J connectivity index is 0.000000276. The molecule has 113 heavy (non-hydrogen) atoms. The summed E-state index contributed by atoms with van der Waals surface area (Å²) in [4.78, 5) is 77.0. The molecule has 3 N–H and O–H groups in total. The lowest BCUT2D eigenvalue weighted by molar-refractivity contribution is -0.138. The molecular weight excluding hydrogens is 1490 g/mol. The van der Waals surface area contributed by atoms with Crippen LogP contribution in [0, 0.1) is 0 Å². The van der Waals surface area contributed by atoms with Crippen molar-refractivity contribution in [3.05, 3.63) is 164 Å². The van der Waals surface area contributed by atoms with Gasteiger partial charge in [0, 0.05) is 206 Å². The molecule has 0 radical (unpaired) electrons. The molecule has 2 fully saturated rings. The van der Waals surface area contributed by atoms with Gasteiger partial charge in [-0.3, -0.25) is 24.0 Å². The molecule has 0 spiro atoms. The number of nitrogens with zero attached hydrogens (tertiary/aromatic N) is 13. The summed E-state index contributed by atoms with van der Waals surface area (Å²) in [5, 5.41) is 32.3. The first kappa shape index (κ1) is 92.1. The summed E-state index contributed by atoms with van der Waals surface area (Å²) in [5.41, 5.74) is 27.5. The Hall–Kier alpha value is -9.73. The number of hydrogen-bond donors (Lipinski definition) is 3. The number of rotatable bonds is 37. The van der Waals surface area contributed by atoms with Crippen LogP contribution in [0.15, 0.2) is 140 Å². The van der Waals surface area contributed by atoms with Crippen molar-refractivity contribution >= 4 is 78.9 Å². The Bertz CT molecular complexity index is 4490. The normalized spacial score (nSPS) is 12.4. The van der Waals surface area contributed by atoms with Crippen LogP contribution in [0.3, 0.4) is 0 Å². The number of fused-ring (bicyclic) bond motifs is 4. The van der Waals surface area contributed by atoms with Gasteiger partial charge in [-0.05, 0) is 165 Å². The second-order valence-corrected chi connectivity index (χ2v) is 28.9. The van der Waals surface area contributed by atoms with Crippen molar-refractivity contribution in [3.63, 3.8) is 0 Å². The first-order valence-corrected chi connectivity index (χ1v) is 42.1. The number of azide groups is 2. The van der Waals surface area contributed by atoms with Crippen molar-refractivity contribution < 1.29 is 43.0 Å². The van der Waals surface area contributed by atoms with Crippen LogP contribution < -0.4 is 35.0 Å². The zero-order chi connectivity index (χ0) is 80.6. The molecular formula is C89H125BrN14O9+2. The third kappa shape index (κ3) is 27.2. The van der Waals surface area contributed by atoms with Crippen LogP contribution in [0.4, 0.5) is 11.4 Å². The fourth-order valence-electron chi connectivity index (χ4n) is 14.7. The molecule has 0 bridgehead atoms. The molecule has 3 amide bonds. The van der Waals surface area contributed by atoms with Gasteiger partial charge >= 0.3 is 11.9 Å². The van der Waals surface area contributed by atoms with E-state index in [-0.39, 0.29) is 31.6 Å². The van der Waals surface area contributed by atoms with E-state index in [9.17, 15) is 24.0 Å². The predicted molar refractivity (Wildman–Crippen MR) is 465 cm³/mol. The summed E-state index contributed by atoms with van der Waals surface area (Å²) in [7, 11) is 0. The number of anilines is 2. The van der Waals surface area contributed by atoms with Gasteiger partial charge in [0.1, 0.15) is 48.9 Å². The van der Waals surface area contributed by atoms with Crippen molar-refractivity contribution in [1.82, 2.24) is 29.2 Å². The number of carbonyl (C=O) groups excluding carboxylic acids is 3. The molecule has 23 nitrogen and oxygen atoms in total. The number of amides is 3. The van der Waals surface area contributed by atoms with Gasteiger partial charge in [-0.1, -0.05) is 128 Å². The highest BCUT2D eigenvalue weighted by atomic mass is 79.9. The number of benzene rings is 6. The maximum absolute atomic E-state index is 14.3. The molecule has 0 aromatic heterocycles. The second kappa shape index (κ2) is 50.4. The molecule has 610 valence electrons. The summed E-state index contributed by atoms with van der Waals surface area (Å²) in [6.07, 6.45) is 16.0.